The summed E-state index contributed by atoms with van der Waals surface area (Å²) in [6, 6.07) is 5.83. The SMILES string of the molecule is COc1ccc(C2C[C@H](CC(=O)N(CCO)CCO)ON2)cc1OC1CCCC1. The van der Waals surface area contributed by atoms with Gasteiger partial charge in [0.25, 0.3) is 0 Å². The fraction of sp³-hybridized carbons (Fsp3) is 0.667. The minimum atomic E-state index is -0.270. The molecule has 1 aliphatic heterocycles. The van der Waals surface area contributed by atoms with E-state index >= 15 is 0 Å². The molecule has 1 heterocycles. The van der Waals surface area contributed by atoms with Crippen molar-refractivity contribution in [2.75, 3.05) is 33.4 Å². The number of amides is 1. The third kappa shape index (κ3) is 5.82. The summed E-state index contributed by atoms with van der Waals surface area (Å²) in [4.78, 5) is 19.5. The lowest BCUT2D eigenvalue weighted by atomic mass is 10.00. The summed E-state index contributed by atoms with van der Waals surface area (Å²) in [7, 11) is 1.64. The van der Waals surface area contributed by atoms with Gasteiger partial charge < -0.3 is 24.6 Å². The molecule has 29 heavy (non-hydrogen) atoms. The molecule has 162 valence electrons. The predicted octanol–water partition coefficient (Wildman–Crippen LogP) is 1.55. The van der Waals surface area contributed by atoms with Gasteiger partial charge in [0.05, 0.1) is 45.0 Å². The average molecular weight is 408 g/mol. The Kier molecular flexibility index (Phi) is 8.11. The standard InChI is InChI=1S/C21H32N2O6/c1-27-19-7-6-15(12-20(19)28-16-4-2-3-5-16)18-13-17(29-22-18)14-21(26)23(8-10-24)9-11-25/h6-7,12,16-18,22,24-25H,2-5,8-11,13-14H2,1H3/t17-,18?/m1/s1. The van der Waals surface area contributed by atoms with E-state index in [0.29, 0.717) is 6.42 Å². The van der Waals surface area contributed by atoms with Crippen LogP contribution in [0.2, 0.25) is 0 Å². The predicted molar refractivity (Wildman–Crippen MR) is 107 cm³/mol. The molecular formula is C21H32N2O6. The van der Waals surface area contributed by atoms with Crippen molar-refractivity contribution < 1.29 is 29.3 Å². The zero-order valence-electron chi connectivity index (χ0n) is 17.0. The average Bonchev–Trinajstić information content (AvgIpc) is 3.40. The van der Waals surface area contributed by atoms with Crippen LogP contribution in [0, 0.1) is 0 Å². The number of carbonyl (C=O) groups is 1. The molecule has 1 aromatic carbocycles. The Morgan fingerprint density at radius 1 is 1.21 bits per heavy atom. The molecule has 0 aromatic heterocycles. The van der Waals surface area contributed by atoms with Gasteiger partial charge in [-0.15, -0.1) is 0 Å². The monoisotopic (exact) mass is 408 g/mol. The van der Waals surface area contributed by atoms with Crippen LogP contribution in [-0.4, -0.2) is 66.6 Å². The van der Waals surface area contributed by atoms with Crippen LogP contribution >= 0.6 is 0 Å². The van der Waals surface area contributed by atoms with E-state index in [1.807, 2.05) is 18.2 Å². The molecule has 8 nitrogen and oxygen atoms in total. The van der Waals surface area contributed by atoms with Gasteiger partial charge in [0, 0.05) is 13.1 Å². The van der Waals surface area contributed by atoms with Gasteiger partial charge in [0.1, 0.15) is 0 Å². The van der Waals surface area contributed by atoms with Gasteiger partial charge in [-0.2, -0.15) is 5.48 Å². The second-order valence-corrected chi connectivity index (χ2v) is 7.61. The van der Waals surface area contributed by atoms with Crippen LogP contribution in [0.5, 0.6) is 11.5 Å². The normalized spacial score (nSPS) is 22.0. The van der Waals surface area contributed by atoms with Crippen molar-refractivity contribution in [2.24, 2.45) is 0 Å². The van der Waals surface area contributed by atoms with E-state index in [1.54, 1.807) is 7.11 Å². The van der Waals surface area contributed by atoms with E-state index in [0.717, 1.165) is 29.9 Å². The van der Waals surface area contributed by atoms with Crippen molar-refractivity contribution >= 4 is 5.91 Å². The highest BCUT2D eigenvalue weighted by Crippen LogP contribution is 2.36. The fourth-order valence-electron chi connectivity index (χ4n) is 3.98. The first-order valence-corrected chi connectivity index (χ1v) is 10.4. The van der Waals surface area contributed by atoms with E-state index in [2.05, 4.69) is 5.48 Å². The Morgan fingerprint density at radius 3 is 2.59 bits per heavy atom. The zero-order valence-corrected chi connectivity index (χ0v) is 17.0. The largest absolute Gasteiger partial charge is 0.493 e. The molecule has 2 aliphatic rings. The Balaban J connectivity index is 1.60. The number of methoxy groups -OCH3 is 1. The molecule has 3 rings (SSSR count). The van der Waals surface area contributed by atoms with E-state index in [9.17, 15) is 4.79 Å². The minimum absolute atomic E-state index is 0.0474. The maximum Gasteiger partial charge on any atom is 0.225 e. The smallest absolute Gasteiger partial charge is 0.225 e. The summed E-state index contributed by atoms with van der Waals surface area (Å²) in [5, 5.41) is 18.2. The van der Waals surface area contributed by atoms with Crippen LogP contribution in [0.1, 0.15) is 50.1 Å². The van der Waals surface area contributed by atoms with E-state index in [-0.39, 0.29) is 56.9 Å². The Bertz CT molecular complexity index is 659. The van der Waals surface area contributed by atoms with E-state index in [1.165, 1.54) is 17.7 Å². The van der Waals surface area contributed by atoms with Gasteiger partial charge in [-0.3, -0.25) is 9.63 Å². The number of aliphatic hydroxyl groups excluding tert-OH is 2. The molecule has 1 saturated carbocycles. The number of carbonyl (C=O) groups excluding carboxylic acids is 1. The minimum Gasteiger partial charge on any atom is -0.493 e. The van der Waals surface area contributed by atoms with Crippen molar-refractivity contribution in [3.8, 4) is 11.5 Å². The van der Waals surface area contributed by atoms with Gasteiger partial charge in [-0.1, -0.05) is 6.07 Å². The summed E-state index contributed by atoms with van der Waals surface area (Å²) >= 11 is 0. The van der Waals surface area contributed by atoms with Crippen molar-refractivity contribution in [1.82, 2.24) is 10.4 Å². The lowest BCUT2D eigenvalue weighted by Crippen LogP contribution is -2.37. The molecule has 0 bridgehead atoms. The first-order chi connectivity index (χ1) is 14.1. The second-order valence-electron chi connectivity index (χ2n) is 7.61. The highest BCUT2D eigenvalue weighted by molar-refractivity contribution is 5.76. The van der Waals surface area contributed by atoms with Crippen LogP contribution in [-0.2, 0) is 9.63 Å². The van der Waals surface area contributed by atoms with Crippen molar-refractivity contribution in [3.05, 3.63) is 23.8 Å². The number of rotatable bonds is 10. The van der Waals surface area contributed by atoms with Crippen molar-refractivity contribution in [2.45, 2.75) is 56.8 Å². The van der Waals surface area contributed by atoms with E-state index in [4.69, 9.17) is 24.5 Å². The van der Waals surface area contributed by atoms with Crippen LogP contribution in [0.25, 0.3) is 0 Å². The molecule has 3 N–H and O–H groups in total. The highest BCUT2D eigenvalue weighted by Gasteiger charge is 2.30. The second kappa shape index (κ2) is 10.8. The quantitative estimate of drug-likeness (QED) is 0.540. The maximum atomic E-state index is 12.4. The number of nitrogens with one attached hydrogen (secondary N) is 1. The topological polar surface area (TPSA) is 100 Å². The van der Waals surface area contributed by atoms with Gasteiger partial charge in [-0.25, -0.2) is 0 Å². The van der Waals surface area contributed by atoms with Gasteiger partial charge in [0.15, 0.2) is 11.5 Å². The third-order valence-electron chi connectivity index (χ3n) is 5.56. The summed E-state index contributed by atoms with van der Waals surface area (Å²) in [5.74, 6) is 1.32. The van der Waals surface area contributed by atoms with Crippen LogP contribution in [0.15, 0.2) is 18.2 Å². The van der Waals surface area contributed by atoms with Gasteiger partial charge in [-0.05, 0) is 49.8 Å². The Morgan fingerprint density at radius 2 is 1.93 bits per heavy atom. The number of hydrogen-bond donors (Lipinski definition) is 3. The fourth-order valence-corrected chi connectivity index (χ4v) is 3.98. The Labute approximate surface area is 171 Å². The van der Waals surface area contributed by atoms with Gasteiger partial charge >= 0.3 is 0 Å². The number of hydroxylamine groups is 1. The lowest BCUT2D eigenvalue weighted by Gasteiger charge is -2.21. The molecular weight excluding hydrogens is 376 g/mol. The highest BCUT2D eigenvalue weighted by atomic mass is 16.7. The Hall–Kier alpha value is -1.87. The van der Waals surface area contributed by atoms with Crippen LogP contribution in [0.3, 0.4) is 0 Å². The number of ether oxygens (including phenoxy) is 2. The van der Waals surface area contributed by atoms with Gasteiger partial charge in [0.2, 0.25) is 5.91 Å². The third-order valence-corrected chi connectivity index (χ3v) is 5.56. The molecule has 0 spiro atoms. The maximum absolute atomic E-state index is 12.4. The first-order valence-electron chi connectivity index (χ1n) is 10.4. The molecule has 2 atom stereocenters. The molecule has 1 amide bonds. The molecule has 0 radical (unpaired) electrons. The number of nitrogens with zero attached hydrogens (tertiary/aromatic N) is 1. The molecule has 8 heteroatoms. The summed E-state index contributed by atoms with van der Waals surface area (Å²) < 4.78 is 11.6. The first kappa shape index (κ1) is 21.8. The molecule has 1 aliphatic carbocycles. The number of aliphatic hydroxyl groups is 2. The van der Waals surface area contributed by atoms with Crippen LogP contribution in [0.4, 0.5) is 0 Å². The van der Waals surface area contributed by atoms with Crippen molar-refractivity contribution in [3.63, 3.8) is 0 Å². The number of hydrogen-bond acceptors (Lipinski definition) is 7. The molecule has 1 unspecified atom stereocenters. The van der Waals surface area contributed by atoms with E-state index < -0.39 is 0 Å². The summed E-state index contributed by atoms with van der Waals surface area (Å²) in [6.45, 7) is 0.161. The summed E-state index contributed by atoms with van der Waals surface area (Å²) in [6.07, 6.45) is 5.35. The molecule has 1 aromatic rings. The van der Waals surface area contributed by atoms with Crippen molar-refractivity contribution in [1.29, 1.82) is 0 Å². The van der Waals surface area contributed by atoms with Crippen LogP contribution < -0.4 is 15.0 Å². The molecule has 2 fully saturated rings. The molecule has 1 saturated heterocycles. The summed E-state index contributed by atoms with van der Waals surface area (Å²) in [5.41, 5.74) is 4.05. The lowest BCUT2D eigenvalue weighted by molar-refractivity contribution is -0.135. The zero-order chi connectivity index (χ0) is 20.6. The number of benzene rings is 1.